The Kier molecular flexibility index (Phi) is 6.37. The van der Waals surface area contributed by atoms with Crippen LogP contribution in [-0.2, 0) is 13.0 Å². The third-order valence-corrected chi connectivity index (χ3v) is 4.97. The van der Waals surface area contributed by atoms with Crippen LogP contribution < -0.4 is 10.6 Å². The summed E-state index contributed by atoms with van der Waals surface area (Å²) >= 11 is 1.74. The molecule has 1 heterocycles. The van der Waals surface area contributed by atoms with E-state index in [1.807, 2.05) is 14.0 Å². The van der Waals surface area contributed by atoms with Gasteiger partial charge in [0.1, 0.15) is 0 Å². The Labute approximate surface area is 149 Å². The number of nitrogens with zero attached hydrogens (tertiary/aromatic N) is 2. The van der Waals surface area contributed by atoms with E-state index in [0.29, 0.717) is 0 Å². The summed E-state index contributed by atoms with van der Waals surface area (Å²) in [7, 11) is 1.81. The highest BCUT2D eigenvalue weighted by molar-refractivity contribution is 7.11. The van der Waals surface area contributed by atoms with Gasteiger partial charge in [0.2, 0.25) is 0 Å². The largest absolute Gasteiger partial charge is 0.356 e. The van der Waals surface area contributed by atoms with E-state index in [2.05, 4.69) is 71.7 Å². The van der Waals surface area contributed by atoms with Gasteiger partial charge >= 0.3 is 0 Å². The number of aryl methyl sites for hydroxylation is 2. The van der Waals surface area contributed by atoms with Crippen molar-refractivity contribution in [1.29, 1.82) is 0 Å². The van der Waals surface area contributed by atoms with Crippen molar-refractivity contribution in [3.8, 4) is 0 Å². The molecule has 24 heavy (non-hydrogen) atoms. The van der Waals surface area contributed by atoms with Crippen molar-refractivity contribution >= 4 is 17.3 Å². The third kappa shape index (κ3) is 5.64. The first-order valence-electron chi connectivity index (χ1n) is 8.31. The Morgan fingerprint density at radius 2 is 1.88 bits per heavy atom. The summed E-state index contributed by atoms with van der Waals surface area (Å²) in [6.45, 7) is 10.3. The van der Waals surface area contributed by atoms with Gasteiger partial charge in [-0.2, -0.15) is 0 Å². The Balaban J connectivity index is 1.85. The van der Waals surface area contributed by atoms with Gasteiger partial charge in [-0.15, -0.1) is 11.3 Å². The highest BCUT2D eigenvalue weighted by Gasteiger charge is 2.19. The topological polar surface area (TPSA) is 49.3 Å². The Morgan fingerprint density at radius 1 is 1.17 bits per heavy atom. The van der Waals surface area contributed by atoms with E-state index in [1.54, 1.807) is 11.3 Å². The zero-order valence-corrected chi connectivity index (χ0v) is 16.1. The molecule has 0 aliphatic rings. The monoisotopic (exact) mass is 344 g/mol. The zero-order valence-electron chi connectivity index (χ0n) is 15.3. The van der Waals surface area contributed by atoms with E-state index in [1.165, 1.54) is 10.4 Å². The molecule has 0 fully saturated rings. The van der Waals surface area contributed by atoms with Crippen molar-refractivity contribution in [2.45, 2.75) is 40.7 Å². The van der Waals surface area contributed by atoms with E-state index in [-0.39, 0.29) is 5.41 Å². The maximum absolute atomic E-state index is 4.47. The predicted molar refractivity (Wildman–Crippen MR) is 104 cm³/mol. The molecule has 0 atom stereocenters. The first-order chi connectivity index (χ1) is 11.4. The smallest absolute Gasteiger partial charge is 0.191 e. The minimum absolute atomic E-state index is 0.149. The molecule has 0 aliphatic carbocycles. The van der Waals surface area contributed by atoms with Gasteiger partial charge in [0, 0.05) is 18.5 Å². The third-order valence-electron chi connectivity index (χ3n) is 3.90. The van der Waals surface area contributed by atoms with E-state index >= 15 is 0 Å². The summed E-state index contributed by atoms with van der Waals surface area (Å²) in [4.78, 5) is 10.1. The second-order valence-electron chi connectivity index (χ2n) is 6.85. The van der Waals surface area contributed by atoms with Crippen LogP contribution in [0.4, 0.5) is 0 Å². The van der Waals surface area contributed by atoms with Gasteiger partial charge in [-0.3, -0.25) is 4.99 Å². The Morgan fingerprint density at radius 3 is 2.46 bits per heavy atom. The fraction of sp³-hybridized carbons (Fsp3) is 0.474. The zero-order chi connectivity index (χ0) is 17.6. The van der Waals surface area contributed by atoms with Crippen LogP contribution in [0.3, 0.4) is 0 Å². The minimum Gasteiger partial charge on any atom is -0.356 e. The van der Waals surface area contributed by atoms with E-state index in [0.717, 1.165) is 36.2 Å². The van der Waals surface area contributed by atoms with Gasteiger partial charge in [0.05, 0.1) is 17.2 Å². The van der Waals surface area contributed by atoms with E-state index < -0.39 is 0 Å². The van der Waals surface area contributed by atoms with Crippen LogP contribution in [0.2, 0.25) is 0 Å². The molecule has 0 spiro atoms. The van der Waals surface area contributed by atoms with Gasteiger partial charge < -0.3 is 10.6 Å². The van der Waals surface area contributed by atoms with Gasteiger partial charge in [-0.05, 0) is 31.2 Å². The number of thiazole rings is 1. The summed E-state index contributed by atoms with van der Waals surface area (Å²) < 4.78 is 0. The van der Waals surface area contributed by atoms with Crippen LogP contribution in [0.1, 0.15) is 35.0 Å². The lowest BCUT2D eigenvalue weighted by Crippen LogP contribution is -2.42. The van der Waals surface area contributed by atoms with Gasteiger partial charge in [0.15, 0.2) is 5.96 Å². The van der Waals surface area contributed by atoms with Crippen molar-refractivity contribution in [3.05, 3.63) is 51.5 Å². The second kappa shape index (κ2) is 8.29. The predicted octanol–water partition coefficient (Wildman–Crippen LogP) is 3.69. The molecule has 4 nitrogen and oxygen atoms in total. The summed E-state index contributed by atoms with van der Waals surface area (Å²) in [6.07, 6.45) is 1.03. The molecule has 0 radical (unpaired) electrons. The van der Waals surface area contributed by atoms with Crippen LogP contribution in [0.15, 0.2) is 35.3 Å². The highest BCUT2D eigenvalue weighted by Crippen LogP contribution is 2.21. The lowest BCUT2D eigenvalue weighted by Gasteiger charge is -2.26. The maximum Gasteiger partial charge on any atom is 0.191 e. The molecule has 0 saturated carbocycles. The van der Waals surface area contributed by atoms with Gasteiger partial charge in [-0.1, -0.05) is 44.2 Å². The number of aliphatic imine (C=N–C) groups is 1. The van der Waals surface area contributed by atoms with Crippen molar-refractivity contribution in [2.75, 3.05) is 13.6 Å². The number of hydrogen-bond acceptors (Lipinski definition) is 3. The number of hydrogen-bond donors (Lipinski definition) is 2. The van der Waals surface area contributed by atoms with Crippen molar-refractivity contribution in [2.24, 2.45) is 10.4 Å². The average molecular weight is 345 g/mol. The maximum atomic E-state index is 4.47. The SMILES string of the molecule is CN=C(NCc1sc(C)nc1C)NCC(C)(C)Cc1ccccc1. The fourth-order valence-corrected chi connectivity index (χ4v) is 3.53. The van der Waals surface area contributed by atoms with Crippen molar-refractivity contribution < 1.29 is 0 Å². The number of aromatic nitrogens is 1. The molecule has 1 aromatic carbocycles. The molecule has 0 unspecified atom stereocenters. The normalized spacial score (nSPS) is 12.3. The number of rotatable bonds is 6. The lowest BCUT2D eigenvalue weighted by atomic mass is 9.86. The molecular weight excluding hydrogens is 316 g/mol. The molecule has 130 valence electrons. The number of guanidine groups is 1. The van der Waals surface area contributed by atoms with Crippen LogP contribution in [-0.4, -0.2) is 24.5 Å². The first-order valence-corrected chi connectivity index (χ1v) is 9.12. The van der Waals surface area contributed by atoms with Crippen LogP contribution >= 0.6 is 11.3 Å². The summed E-state index contributed by atoms with van der Waals surface area (Å²) in [5.74, 6) is 0.835. The highest BCUT2D eigenvalue weighted by atomic mass is 32.1. The molecule has 2 aromatic rings. The molecule has 5 heteroatoms. The Bertz CT molecular complexity index is 674. The molecule has 0 bridgehead atoms. The molecule has 1 aromatic heterocycles. The minimum atomic E-state index is 0.149. The van der Waals surface area contributed by atoms with E-state index in [4.69, 9.17) is 0 Å². The molecule has 0 saturated heterocycles. The van der Waals surface area contributed by atoms with Crippen LogP contribution in [0, 0.1) is 19.3 Å². The molecule has 0 amide bonds. The van der Waals surface area contributed by atoms with Gasteiger partial charge in [-0.25, -0.2) is 4.98 Å². The van der Waals surface area contributed by atoms with Crippen molar-refractivity contribution in [3.63, 3.8) is 0 Å². The number of benzene rings is 1. The van der Waals surface area contributed by atoms with E-state index in [9.17, 15) is 0 Å². The molecule has 2 N–H and O–H groups in total. The molecule has 2 rings (SSSR count). The van der Waals surface area contributed by atoms with Crippen LogP contribution in [0.5, 0.6) is 0 Å². The average Bonchev–Trinajstić information content (AvgIpc) is 2.86. The summed E-state index contributed by atoms with van der Waals surface area (Å²) in [6, 6.07) is 10.6. The first kappa shape index (κ1) is 18.5. The Hall–Kier alpha value is -1.88. The quantitative estimate of drug-likeness (QED) is 0.621. The van der Waals surface area contributed by atoms with Crippen LogP contribution in [0.25, 0.3) is 0 Å². The lowest BCUT2D eigenvalue weighted by molar-refractivity contribution is 0.359. The molecular formula is C19H28N4S. The van der Waals surface area contributed by atoms with Crippen molar-refractivity contribution in [1.82, 2.24) is 15.6 Å². The van der Waals surface area contributed by atoms with Gasteiger partial charge in [0.25, 0.3) is 0 Å². The summed E-state index contributed by atoms with van der Waals surface area (Å²) in [5, 5.41) is 7.94. The molecule has 0 aliphatic heterocycles. The standard InChI is InChI=1S/C19H28N4S/c1-14-17(24-15(2)23-14)12-21-18(20-5)22-13-19(3,4)11-16-9-7-6-8-10-16/h6-10H,11-13H2,1-5H3,(H2,20,21,22). The fourth-order valence-electron chi connectivity index (χ4n) is 2.66. The second-order valence-corrected chi connectivity index (χ2v) is 8.14. The number of nitrogens with one attached hydrogen (secondary N) is 2. The summed E-state index contributed by atoms with van der Waals surface area (Å²) in [5.41, 5.74) is 2.61.